The topological polar surface area (TPSA) is 35.2 Å². The summed E-state index contributed by atoms with van der Waals surface area (Å²) in [4.78, 5) is 0. The van der Waals surface area contributed by atoms with Crippen molar-refractivity contribution in [3.05, 3.63) is 35.4 Å². The third-order valence-corrected chi connectivity index (χ3v) is 3.35. The lowest BCUT2D eigenvalue weighted by atomic mass is 9.83. The Labute approximate surface area is 104 Å². The molecule has 0 aliphatic carbocycles. The van der Waals surface area contributed by atoms with Crippen molar-refractivity contribution in [3.8, 4) is 0 Å². The van der Waals surface area contributed by atoms with Gasteiger partial charge < -0.3 is 10.5 Å². The lowest BCUT2D eigenvalue weighted by Crippen LogP contribution is -2.47. The molecule has 18 heavy (non-hydrogen) atoms. The van der Waals surface area contributed by atoms with Crippen LogP contribution in [0, 0.1) is 0 Å². The minimum absolute atomic E-state index is 0.242. The van der Waals surface area contributed by atoms with Crippen LogP contribution in [0.3, 0.4) is 0 Å². The minimum Gasteiger partial charge on any atom is -0.381 e. The van der Waals surface area contributed by atoms with Crippen LogP contribution in [0.4, 0.5) is 13.2 Å². The van der Waals surface area contributed by atoms with Gasteiger partial charge in [0.05, 0.1) is 5.56 Å². The van der Waals surface area contributed by atoms with Gasteiger partial charge in [-0.05, 0) is 30.9 Å². The Morgan fingerprint density at radius 2 is 1.78 bits per heavy atom. The predicted octanol–water partition coefficient (Wildman–Crippen LogP) is 2.76. The maximum Gasteiger partial charge on any atom is 0.416 e. The molecule has 1 aliphatic heterocycles. The first kappa shape index (κ1) is 13.4. The molecule has 2 nitrogen and oxygen atoms in total. The van der Waals surface area contributed by atoms with Crippen molar-refractivity contribution < 1.29 is 17.9 Å². The summed E-state index contributed by atoms with van der Waals surface area (Å²) in [6.07, 6.45) is -2.89. The number of rotatable bonds is 2. The summed E-state index contributed by atoms with van der Waals surface area (Å²) in [6, 6.07) is 5.64. The Morgan fingerprint density at radius 3 is 2.39 bits per heavy atom. The van der Waals surface area contributed by atoms with Crippen molar-refractivity contribution >= 4 is 0 Å². The summed E-state index contributed by atoms with van der Waals surface area (Å²) in [5.74, 6) is 0. The number of ether oxygens (including phenoxy) is 1. The van der Waals surface area contributed by atoms with E-state index in [1.807, 2.05) is 0 Å². The monoisotopic (exact) mass is 259 g/mol. The SMILES string of the molecule is NC1(Cc2ccccc2C(F)(F)F)CCOCC1. The Kier molecular flexibility index (Phi) is 3.64. The molecule has 0 bridgehead atoms. The molecule has 0 radical (unpaired) electrons. The largest absolute Gasteiger partial charge is 0.416 e. The van der Waals surface area contributed by atoms with E-state index in [0.717, 1.165) is 6.07 Å². The zero-order valence-corrected chi connectivity index (χ0v) is 9.96. The average Bonchev–Trinajstić information content (AvgIpc) is 2.28. The average molecular weight is 259 g/mol. The minimum atomic E-state index is -4.32. The standard InChI is InChI=1S/C13H16F3NO/c14-13(15,16)11-4-2-1-3-10(11)9-12(17)5-7-18-8-6-12/h1-4H,5-9,17H2. The second-order valence-corrected chi connectivity index (χ2v) is 4.81. The Morgan fingerprint density at radius 1 is 1.17 bits per heavy atom. The summed E-state index contributed by atoms with van der Waals surface area (Å²) in [6.45, 7) is 1.04. The van der Waals surface area contributed by atoms with Crippen LogP contribution in [-0.4, -0.2) is 18.8 Å². The number of halogens is 3. The highest BCUT2D eigenvalue weighted by atomic mass is 19.4. The van der Waals surface area contributed by atoms with Crippen LogP contribution in [0.15, 0.2) is 24.3 Å². The maximum atomic E-state index is 12.9. The first-order valence-corrected chi connectivity index (χ1v) is 5.92. The van der Waals surface area contributed by atoms with Gasteiger partial charge in [0.1, 0.15) is 0 Å². The molecule has 0 atom stereocenters. The van der Waals surface area contributed by atoms with Gasteiger partial charge in [0.2, 0.25) is 0 Å². The van der Waals surface area contributed by atoms with Crippen LogP contribution in [0.2, 0.25) is 0 Å². The molecular formula is C13H16F3NO. The number of hydrogen-bond donors (Lipinski definition) is 1. The van der Waals surface area contributed by atoms with Crippen molar-refractivity contribution in [2.45, 2.75) is 31.0 Å². The fourth-order valence-electron chi connectivity index (χ4n) is 2.29. The normalized spacial score (nSPS) is 19.8. The molecule has 1 aromatic carbocycles. The van der Waals surface area contributed by atoms with Crippen LogP contribution in [-0.2, 0) is 17.3 Å². The number of alkyl halides is 3. The van der Waals surface area contributed by atoms with Crippen LogP contribution in [0.25, 0.3) is 0 Å². The van der Waals surface area contributed by atoms with E-state index in [1.54, 1.807) is 6.07 Å². The summed E-state index contributed by atoms with van der Waals surface area (Å²) < 4.78 is 43.8. The molecule has 2 rings (SSSR count). The van der Waals surface area contributed by atoms with Crippen LogP contribution in [0.1, 0.15) is 24.0 Å². The first-order chi connectivity index (χ1) is 8.41. The summed E-state index contributed by atoms with van der Waals surface area (Å²) >= 11 is 0. The smallest absolute Gasteiger partial charge is 0.381 e. The first-order valence-electron chi connectivity index (χ1n) is 5.92. The van der Waals surface area contributed by atoms with Gasteiger partial charge in [-0.25, -0.2) is 0 Å². The molecule has 1 heterocycles. The lowest BCUT2D eigenvalue weighted by Gasteiger charge is -2.34. The molecule has 100 valence electrons. The van der Waals surface area contributed by atoms with Gasteiger partial charge in [0.25, 0.3) is 0 Å². The molecular weight excluding hydrogens is 243 g/mol. The van der Waals surface area contributed by atoms with E-state index in [2.05, 4.69) is 0 Å². The van der Waals surface area contributed by atoms with E-state index in [-0.39, 0.29) is 12.0 Å². The third-order valence-electron chi connectivity index (χ3n) is 3.35. The Hall–Kier alpha value is -1.07. The third kappa shape index (κ3) is 3.03. The van der Waals surface area contributed by atoms with E-state index in [4.69, 9.17) is 10.5 Å². The van der Waals surface area contributed by atoms with Gasteiger partial charge in [0, 0.05) is 18.8 Å². The van der Waals surface area contributed by atoms with Crippen LogP contribution < -0.4 is 5.73 Å². The molecule has 2 N–H and O–H groups in total. The molecule has 0 unspecified atom stereocenters. The van der Waals surface area contributed by atoms with Crippen molar-refractivity contribution in [1.29, 1.82) is 0 Å². The zero-order chi connectivity index (χ0) is 13.2. The van der Waals surface area contributed by atoms with Gasteiger partial charge in [-0.3, -0.25) is 0 Å². The van der Waals surface area contributed by atoms with E-state index < -0.39 is 17.3 Å². The molecule has 1 fully saturated rings. The summed E-state index contributed by atoms with van der Waals surface area (Å²) in [7, 11) is 0. The van der Waals surface area contributed by atoms with Gasteiger partial charge >= 0.3 is 6.18 Å². The van der Waals surface area contributed by atoms with Gasteiger partial charge in [-0.15, -0.1) is 0 Å². The Balaban J connectivity index is 2.23. The number of hydrogen-bond acceptors (Lipinski definition) is 2. The molecule has 1 aromatic rings. The van der Waals surface area contributed by atoms with E-state index in [0.29, 0.717) is 26.1 Å². The van der Waals surface area contributed by atoms with Crippen LogP contribution >= 0.6 is 0 Å². The van der Waals surface area contributed by atoms with Gasteiger partial charge in [-0.2, -0.15) is 13.2 Å². The van der Waals surface area contributed by atoms with E-state index in [9.17, 15) is 13.2 Å². The van der Waals surface area contributed by atoms with E-state index >= 15 is 0 Å². The summed E-state index contributed by atoms with van der Waals surface area (Å²) in [5.41, 5.74) is 5.26. The molecule has 0 spiro atoms. The maximum absolute atomic E-state index is 12.9. The van der Waals surface area contributed by atoms with Gasteiger partial charge in [0.15, 0.2) is 0 Å². The highest BCUT2D eigenvalue weighted by Gasteiger charge is 2.36. The molecule has 0 saturated carbocycles. The molecule has 0 aromatic heterocycles. The van der Waals surface area contributed by atoms with E-state index in [1.165, 1.54) is 12.1 Å². The number of nitrogens with two attached hydrogens (primary N) is 1. The lowest BCUT2D eigenvalue weighted by molar-refractivity contribution is -0.138. The van der Waals surface area contributed by atoms with Crippen molar-refractivity contribution in [1.82, 2.24) is 0 Å². The molecule has 1 aliphatic rings. The zero-order valence-electron chi connectivity index (χ0n) is 9.96. The second kappa shape index (κ2) is 4.90. The second-order valence-electron chi connectivity index (χ2n) is 4.81. The van der Waals surface area contributed by atoms with Crippen molar-refractivity contribution in [2.75, 3.05) is 13.2 Å². The molecule has 0 amide bonds. The highest BCUT2D eigenvalue weighted by Crippen LogP contribution is 2.34. The predicted molar refractivity (Wildman–Crippen MR) is 62.1 cm³/mol. The Bertz CT molecular complexity index is 411. The van der Waals surface area contributed by atoms with Crippen molar-refractivity contribution in [2.24, 2.45) is 5.73 Å². The van der Waals surface area contributed by atoms with Gasteiger partial charge in [-0.1, -0.05) is 18.2 Å². The fourth-order valence-corrected chi connectivity index (χ4v) is 2.29. The molecule has 5 heteroatoms. The molecule has 1 saturated heterocycles. The summed E-state index contributed by atoms with van der Waals surface area (Å²) in [5, 5.41) is 0. The van der Waals surface area contributed by atoms with Crippen LogP contribution in [0.5, 0.6) is 0 Å². The quantitative estimate of drug-likeness (QED) is 0.886. The fraction of sp³-hybridized carbons (Fsp3) is 0.538. The van der Waals surface area contributed by atoms with Crippen molar-refractivity contribution in [3.63, 3.8) is 0 Å². The highest BCUT2D eigenvalue weighted by molar-refractivity contribution is 5.31. The number of benzene rings is 1.